The van der Waals surface area contributed by atoms with E-state index in [1.54, 1.807) is 48.5 Å². The van der Waals surface area contributed by atoms with Crippen molar-refractivity contribution in [3.05, 3.63) is 76.9 Å². The molecule has 13 nitrogen and oxygen atoms in total. The van der Waals surface area contributed by atoms with E-state index in [4.69, 9.17) is 24.2 Å². The van der Waals surface area contributed by atoms with E-state index < -0.39 is 66.5 Å². The molecular weight excluding hydrogens is 643 g/mol. The van der Waals surface area contributed by atoms with E-state index in [0.29, 0.717) is 22.3 Å². The Morgan fingerprint density at radius 1 is 1.08 bits per heavy atom. The number of halogens is 3. The molecule has 2 amide bonds. The van der Waals surface area contributed by atoms with Crippen LogP contribution in [0.1, 0.15) is 33.5 Å². The van der Waals surface area contributed by atoms with Crippen LogP contribution in [0, 0.1) is 5.41 Å². The number of carbonyl (C=O) groups is 4. The van der Waals surface area contributed by atoms with Gasteiger partial charge < -0.3 is 34.7 Å². The number of amides is 2. The number of aliphatic hydroxyl groups excluding tert-OH is 1. The number of hydrogen-bond donors (Lipinski definition) is 3. The maximum atomic E-state index is 14.3. The number of alkyl halides is 3. The SMILES string of the molecule is O=C(C=Cc1ccccc1CN1OC2C3OCOC3C3CC2(C(=O)NCc2cccc(C(=O)NCCO)c2)C1C(=O)O3)OCC(F)(F)F. The highest BCUT2D eigenvalue weighted by Gasteiger charge is 2.74. The van der Waals surface area contributed by atoms with Crippen molar-refractivity contribution in [1.82, 2.24) is 15.7 Å². The molecule has 6 atom stereocenters. The summed E-state index contributed by atoms with van der Waals surface area (Å²) in [5, 5.41) is 15.8. The minimum atomic E-state index is -4.67. The molecule has 1 aliphatic carbocycles. The highest BCUT2D eigenvalue weighted by Crippen LogP contribution is 2.55. The van der Waals surface area contributed by atoms with E-state index in [1.165, 1.54) is 11.1 Å². The number of esters is 2. The van der Waals surface area contributed by atoms with Gasteiger partial charge in [0.15, 0.2) is 12.6 Å². The van der Waals surface area contributed by atoms with Crippen LogP contribution in [0.5, 0.6) is 0 Å². The highest BCUT2D eigenvalue weighted by atomic mass is 19.4. The van der Waals surface area contributed by atoms with Crippen LogP contribution in [-0.2, 0) is 51.3 Å². The van der Waals surface area contributed by atoms with E-state index >= 15 is 0 Å². The van der Waals surface area contributed by atoms with E-state index in [-0.39, 0.29) is 45.4 Å². The third-order valence-electron chi connectivity index (χ3n) is 8.69. The maximum Gasteiger partial charge on any atom is 0.422 e. The first kappa shape index (κ1) is 33.5. The highest BCUT2D eigenvalue weighted by molar-refractivity contribution is 5.95. The van der Waals surface area contributed by atoms with E-state index in [0.717, 1.165) is 6.08 Å². The van der Waals surface area contributed by atoms with Crippen LogP contribution in [-0.4, -0.2) is 97.1 Å². The van der Waals surface area contributed by atoms with E-state index in [1.807, 2.05) is 0 Å². The number of nitrogens with one attached hydrogen (secondary N) is 2. The van der Waals surface area contributed by atoms with Crippen molar-refractivity contribution in [2.75, 3.05) is 26.6 Å². The lowest BCUT2D eigenvalue weighted by molar-refractivity contribution is -0.201. The van der Waals surface area contributed by atoms with Crippen molar-refractivity contribution < 1.29 is 61.2 Å². The maximum absolute atomic E-state index is 14.3. The molecule has 1 saturated carbocycles. The first-order valence-electron chi connectivity index (χ1n) is 15.1. The molecule has 2 aromatic rings. The summed E-state index contributed by atoms with van der Waals surface area (Å²) in [7, 11) is 0. The van der Waals surface area contributed by atoms with Crippen LogP contribution in [0.15, 0.2) is 54.6 Å². The molecule has 6 rings (SSSR count). The Kier molecular flexibility index (Phi) is 9.53. The van der Waals surface area contributed by atoms with Crippen molar-refractivity contribution in [2.24, 2.45) is 5.41 Å². The molecule has 2 aromatic carbocycles. The smallest absolute Gasteiger partial charge is 0.422 e. The van der Waals surface area contributed by atoms with Gasteiger partial charge in [-0.3, -0.25) is 19.2 Å². The summed E-state index contributed by atoms with van der Waals surface area (Å²) in [6.07, 6.45) is -5.56. The lowest BCUT2D eigenvalue weighted by atomic mass is 9.62. The number of ether oxygens (including phenoxy) is 4. The second-order valence-electron chi connectivity index (χ2n) is 11.7. The average molecular weight is 676 g/mol. The molecule has 16 heteroatoms. The van der Waals surface area contributed by atoms with Crippen molar-refractivity contribution in [1.29, 1.82) is 0 Å². The van der Waals surface area contributed by atoms with Crippen LogP contribution in [0.3, 0.4) is 0 Å². The number of hydroxylamine groups is 2. The van der Waals surface area contributed by atoms with Crippen LogP contribution < -0.4 is 10.6 Å². The third-order valence-corrected chi connectivity index (χ3v) is 8.69. The summed E-state index contributed by atoms with van der Waals surface area (Å²) in [5.41, 5.74) is 0.444. The van der Waals surface area contributed by atoms with Crippen molar-refractivity contribution >= 4 is 29.8 Å². The fourth-order valence-corrected chi connectivity index (χ4v) is 6.64. The number of carbonyl (C=O) groups excluding carboxylic acids is 4. The van der Waals surface area contributed by atoms with Gasteiger partial charge >= 0.3 is 18.1 Å². The summed E-state index contributed by atoms with van der Waals surface area (Å²) in [5.74, 6) is -2.78. The first-order chi connectivity index (χ1) is 23.0. The van der Waals surface area contributed by atoms with E-state index in [9.17, 15) is 32.3 Å². The molecule has 4 aliphatic rings. The van der Waals surface area contributed by atoms with Crippen molar-refractivity contribution in [3.8, 4) is 0 Å². The van der Waals surface area contributed by atoms with Gasteiger partial charge in [0.1, 0.15) is 36.6 Å². The Labute approximate surface area is 271 Å². The second-order valence-corrected chi connectivity index (χ2v) is 11.7. The molecule has 4 fully saturated rings. The molecule has 3 saturated heterocycles. The van der Waals surface area contributed by atoms with Gasteiger partial charge in [0.05, 0.1) is 13.2 Å². The summed E-state index contributed by atoms with van der Waals surface area (Å²) in [6.45, 7) is -2.00. The zero-order valence-electron chi connectivity index (χ0n) is 25.3. The zero-order chi connectivity index (χ0) is 34.1. The molecule has 0 radical (unpaired) electrons. The van der Waals surface area contributed by atoms with Crippen LogP contribution >= 0.6 is 0 Å². The van der Waals surface area contributed by atoms with Gasteiger partial charge in [-0.2, -0.15) is 18.2 Å². The quantitative estimate of drug-likeness (QED) is 0.233. The fourth-order valence-electron chi connectivity index (χ4n) is 6.64. The van der Waals surface area contributed by atoms with Gasteiger partial charge in [0.2, 0.25) is 5.91 Å². The molecule has 3 heterocycles. The van der Waals surface area contributed by atoms with Crippen LogP contribution in [0.2, 0.25) is 0 Å². The summed E-state index contributed by atoms with van der Waals surface area (Å²) in [4.78, 5) is 58.6. The predicted molar refractivity (Wildman–Crippen MR) is 156 cm³/mol. The predicted octanol–water partition coefficient (Wildman–Crippen LogP) is 1.39. The largest absolute Gasteiger partial charge is 0.458 e. The Hall–Kier alpha value is -4.35. The van der Waals surface area contributed by atoms with Crippen LogP contribution in [0.4, 0.5) is 13.2 Å². The second kappa shape index (κ2) is 13.6. The molecule has 0 spiro atoms. The van der Waals surface area contributed by atoms with Crippen molar-refractivity contribution in [3.63, 3.8) is 0 Å². The number of rotatable bonds is 11. The zero-order valence-corrected chi connectivity index (χ0v) is 25.3. The van der Waals surface area contributed by atoms with Gasteiger partial charge in [-0.25, -0.2) is 4.79 Å². The van der Waals surface area contributed by atoms with Gasteiger partial charge in [0, 0.05) is 31.1 Å². The number of hydrogen-bond acceptors (Lipinski definition) is 11. The number of nitrogens with zero attached hydrogens (tertiary/aromatic N) is 1. The molecule has 3 aliphatic heterocycles. The fraction of sp³-hybridized carbons (Fsp3) is 0.438. The summed E-state index contributed by atoms with van der Waals surface area (Å²) >= 11 is 0. The Morgan fingerprint density at radius 3 is 2.67 bits per heavy atom. The first-order valence-corrected chi connectivity index (χ1v) is 15.1. The molecule has 256 valence electrons. The minimum Gasteiger partial charge on any atom is -0.458 e. The molecule has 2 bridgehead atoms. The molecule has 3 N–H and O–H groups in total. The number of aliphatic hydroxyl groups is 1. The average Bonchev–Trinajstić information content (AvgIpc) is 3.69. The molecule has 48 heavy (non-hydrogen) atoms. The lowest BCUT2D eigenvalue weighted by Crippen LogP contribution is -2.69. The Bertz CT molecular complexity index is 1600. The molecular formula is C32H32F3N3O10. The Morgan fingerprint density at radius 2 is 1.88 bits per heavy atom. The summed E-state index contributed by atoms with van der Waals surface area (Å²) in [6, 6.07) is 12.0. The van der Waals surface area contributed by atoms with E-state index in [2.05, 4.69) is 15.4 Å². The molecule has 6 unspecified atom stereocenters. The van der Waals surface area contributed by atoms with Crippen LogP contribution in [0.25, 0.3) is 6.08 Å². The monoisotopic (exact) mass is 675 g/mol. The third kappa shape index (κ3) is 6.66. The summed E-state index contributed by atoms with van der Waals surface area (Å²) < 4.78 is 59.0. The standard InChI is InChI=1S/C32H32F3N3O10/c33-32(34,35)16-44-23(40)9-8-19-5-1-2-6-21(19)15-38-26-29(42)47-22-13-31(26,27(48-38)25-24(22)45-17-46-25)30(43)37-14-18-4-3-7-20(12-18)28(41)36-10-11-39/h1-9,12,22,24-27,39H,10-11,13-17H2,(H,36,41)(H,37,43). The molecule has 0 aromatic heterocycles. The number of fused-ring (bicyclic) bond motifs is 4. The Balaban J connectivity index is 1.24. The van der Waals surface area contributed by atoms with Gasteiger partial charge in [0.25, 0.3) is 5.91 Å². The van der Waals surface area contributed by atoms with Crippen molar-refractivity contribution in [2.45, 2.75) is 56.1 Å². The minimum absolute atomic E-state index is 0.0182. The topological polar surface area (TPSA) is 162 Å². The lowest BCUT2D eigenvalue weighted by Gasteiger charge is -2.48. The van der Waals surface area contributed by atoms with Gasteiger partial charge in [-0.1, -0.05) is 36.4 Å². The van der Waals surface area contributed by atoms with Gasteiger partial charge in [-0.15, -0.1) is 0 Å². The number of benzene rings is 2. The normalized spacial score (nSPS) is 27.8. The van der Waals surface area contributed by atoms with Gasteiger partial charge in [-0.05, 0) is 34.9 Å².